The van der Waals surface area contributed by atoms with E-state index in [1.165, 1.54) is 0 Å². The Kier molecular flexibility index (Phi) is 3.83. The molecule has 16 heavy (non-hydrogen) atoms. The Morgan fingerprint density at radius 2 is 2.44 bits per heavy atom. The largest absolute Gasteiger partial charge is 0.488 e. The van der Waals surface area contributed by atoms with Crippen molar-refractivity contribution in [3.63, 3.8) is 0 Å². The number of carbonyl (C=O) groups excluding carboxylic acids is 1. The Balaban J connectivity index is 1.86. The monoisotopic (exact) mass is 225 g/mol. The molecule has 0 aromatic rings. The molecule has 0 aromatic heterocycles. The summed E-state index contributed by atoms with van der Waals surface area (Å²) in [6, 6.07) is 0.115. The third kappa shape index (κ3) is 2.98. The van der Waals surface area contributed by atoms with Gasteiger partial charge in [0.1, 0.15) is 0 Å². The number of amides is 1. The van der Waals surface area contributed by atoms with E-state index in [0.29, 0.717) is 24.7 Å². The van der Waals surface area contributed by atoms with Crippen LogP contribution in [-0.2, 0) is 9.53 Å². The molecule has 2 aliphatic rings. The predicted octanol–water partition coefficient (Wildman–Crippen LogP) is 0.958. The fourth-order valence-corrected chi connectivity index (χ4v) is 2.02. The molecule has 0 aromatic carbocycles. The highest BCUT2D eigenvalue weighted by Crippen LogP contribution is 2.34. The molecule has 1 fully saturated rings. The predicted molar refractivity (Wildman–Crippen MR) is 59.6 cm³/mol. The summed E-state index contributed by atoms with van der Waals surface area (Å²) >= 11 is 0. The summed E-state index contributed by atoms with van der Waals surface area (Å²) in [5, 5.41) is 11.9. The van der Waals surface area contributed by atoms with Gasteiger partial charge in [-0.1, -0.05) is 0 Å². The molecule has 0 bridgehead atoms. The van der Waals surface area contributed by atoms with Crippen LogP contribution < -0.4 is 5.32 Å². The quantitative estimate of drug-likeness (QED) is 0.732. The van der Waals surface area contributed by atoms with Crippen LogP contribution in [0.25, 0.3) is 0 Å². The molecule has 1 aliphatic carbocycles. The van der Waals surface area contributed by atoms with Crippen molar-refractivity contribution in [3.05, 3.63) is 11.8 Å². The van der Waals surface area contributed by atoms with Crippen LogP contribution in [0.2, 0.25) is 0 Å². The van der Waals surface area contributed by atoms with E-state index >= 15 is 0 Å². The van der Waals surface area contributed by atoms with E-state index in [9.17, 15) is 4.79 Å². The molecule has 0 spiro atoms. The summed E-state index contributed by atoms with van der Waals surface area (Å²) in [5.74, 6) is 0.889. The molecule has 1 unspecified atom stereocenters. The van der Waals surface area contributed by atoms with Gasteiger partial charge in [-0.25, -0.2) is 0 Å². The number of ether oxygens (including phenoxy) is 1. The van der Waals surface area contributed by atoms with E-state index in [0.717, 1.165) is 25.7 Å². The van der Waals surface area contributed by atoms with Gasteiger partial charge in [0, 0.05) is 12.6 Å². The molecule has 1 amide bonds. The smallest absolute Gasteiger partial charge is 0.286 e. The lowest BCUT2D eigenvalue weighted by Gasteiger charge is -2.20. The molecular weight excluding hydrogens is 206 g/mol. The average molecular weight is 225 g/mol. The second-order valence-electron chi connectivity index (χ2n) is 4.49. The normalized spacial score (nSPS) is 21.9. The lowest BCUT2D eigenvalue weighted by Crippen LogP contribution is -2.38. The minimum Gasteiger partial charge on any atom is -0.488 e. The lowest BCUT2D eigenvalue weighted by atomic mass is 10.1. The van der Waals surface area contributed by atoms with E-state index < -0.39 is 0 Å². The van der Waals surface area contributed by atoms with Gasteiger partial charge in [-0.3, -0.25) is 4.79 Å². The maximum Gasteiger partial charge on any atom is 0.286 e. The highest BCUT2D eigenvalue weighted by molar-refractivity contribution is 5.91. The fraction of sp³-hybridized carbons (Fsp3) is 0.750. The Labute approximate surface area is 95.7 Å². The van der Waals surface area contributed by atoms with Gasteiger partial charge in [-0.05, 0) is 44.1 Å². The van der Waals surface area contributed by atoms with Gasteiger partial charge in [-0.15, -0.1) is 0 Å². The number of aliphatic hydroxyl groups excluding tert-OH is 1. The lowest BCUT2D eigenvalue weighted by molar-refractivity contribution is -0.122. The molecule has 90 valence electrons. The molecule has 1 heterocycles. The van der Waals surface area contributed by atoms with Crippen LogP contribution in [0.1, 0.15) is 32.1 Å². The molecule has 2 N–H and O–H groups in total. The zero-order valence-electron chi connectivity index (χ0n) is 9.45. The van der Waals surface area contributed by atoms with Gasteiger partial charge in [0.15, 0.2) is 5.76 Å². The Morgan fingerprint density at radius 1 is 1.62 bits per heavy atom. The Morgan fingerprint density at radius 3 is 3.00 bits per heavy atom. The third-order valence-electron chi connectivity index (χ3n) is 3.11. The van der Waals surface area contributed by atoms with Crippen molar-refractivity contribution in [1.82, 2.24) is 5.32 Å². The van der Waals surface area contributed by atoms with Gasteiger partial charge in [0.2, 0.25) is 0 Å². The minimum atomic E-state index is -0.120. The summed E-state index contributed by atoms with van der Waals surface area (Å²) < 4.78 is 5.31. The first-order chi connectivity index (χ1) is 7.81. The number of hydrogen-bond donors (Lipinski definition) is 2. The number of aliphatic hydroxyl groups is 1. The topological polar surface area (TPSA) is 58.6 Å². The fourth-order valence-electron chi connectivity index (χ4n) is 2.02. The van der Waals surface area contributed by atoms with Crippen LogP contribution in [0.15, 0.2) is 11.8 Å². The second-order valence-corrected chi connectivity index (χ2v) is 4.49. The van der Waals surface area contributed by atoms with Crippen LogP contribution in [0.4, 0.5) is 0 Å². The molecule has 1 atom stereocenters. The van der Waals surface area contributed by atoms with Crippen LogP contribution in [0, 0.1) is 5.92 Å². The van der Waals surface area contributed by atoms with Crippen molar-refractivity contribution in [2.45, 2.75) is 38.1 Å². The van der Waals surface area contributed by atoms with Gasteiger partial charge in [0.05, 0.1) is 6.61 Å². The van der Waals surface area contributed by atoms with Crippen molar-refractivity contribution in [2.75, 3.05) is 13.2 Å². The molecule has 1 saturated carbocycles. The zero-order chi connectivity index (χ0) is 11.4. The van der Waals surface area contributed by atoms with Crippen molar-refractivity contribution in [2.24, 2.45) is 5.92 Å². The molecule has 4 heteroatoms. The number of rotatable bonds is 5. The Bertz CT molecular complexity index is 284. The maximum atomic E-state index is 11.8. The minimum absolute atomic E-state index is 0.115. The van der Waals surface area contributed by atoms with Crippen LogP contribution in [0.3, 0.4) is 0 Å². The highest BCUT2D eigenvalue weighted by Gasteiger charge is 2.32. The average Bonchev–Trinajstić information content (AvgIpc) is 3.13. The summed E-state index contributed by atoms with van der Waals surface area (Å²) in [5.41, 5.74) is 0. The van der Waals surface area contributed by atoms with Crippen LogP contribution in [-0.4, -0.2) is 30.3 Å². The van der Waals surface area contributed by atoms with Crippen molar-refractivity contribution >= 4 is 5.91 Å². The molecule has 2 rings (SSSR count). The van der Waals surface area contributed by atoms with Crippen molar-refractivity contribution in [1.29, 1.82) is 0 Å². The first-order valence-corrected chi connectivity index (χ1v) is 6.06. The van der Waals surface area contributed by atoms with Crippen LogP contribution >= 0.6 is 0 Å². The molecule has 0 radical (unpaired) electrons. The number of hydrogen-bond acceptors (Lipinski definition) is 3. The molecule has 1 aliphatic heterocycles. The van der Waals surface area contributed by atoms with Gasteiger partial charge >= 0.3 is 0 Å². The zero-order valence-corrected chi connectivity index (χ0v) is 9.45. The standard InChI is InChI=1S/C12H19NO3/c14-7-6-10(9-4-5-9)13-12(15)11-3-1-2-8-16-11/h3,9-10,14H,1-2,4-8H2,(H,13,15). The maximum absolute atomic E-state index is 11.8. The van der Waals surface area contributed by atoms with Crippen LogP contribution in [0.5, 0.6) is 0 Å². The van der Waals surface area contributed by atoms with Gasteiger partial charge < -0.3 is 15.2 Å². The summed E-state index contributed by atoms with van der Waals surface area (Å²) in [4.78, 5) is 11.8. The Hall–Kier alpha value is -1.03. The SMILES string of the molecule is O=C(NC(CCO)C1CC1)C1=CCCCO1. The highest BCUT2D eigenvalue weighted by atomic mass is 16.5. The van der Waals surface area contributed by atoms with Gasteiger partial charge in [0.25, 0.3) is 5.91 Å². The van der Waals surface area contributed by atoms with Crippen molar-refractivity contribution in [3.8, 4) is 0 Å². The third-order valence-corrected chi connectivity index (χ3v) is 3.11. The van der Waals surface area contributed by atoms with E-state index in [1.807, 2.05) is 6.08 Å². The first kappa shape index (κ1) is 11.5. The van der Waals surface area contributed by atoms with E-state index in [4.69, 9.17) is 9.84 Å². The number of allylic oxidation sites excluding steroid dienone is 1. The number of carbonyl (C=O) groups is 1. The summed E-state index contributed by atoms with van der Waals surface area (Å²) in [6.45, 7) is 0.759. The first-order valence-electron chi connectivity index (χ1n) is 6.06. The van der Waals surface area contributed by atoms with Gasteiger partial charge in [-0.2, -0.15) is 0 Å². The van der Waals surface area contributed by atoms with E-state index in [2.05, 4.69) is 5.32 Å². The molecule has 0 saturated heterocycles. The molecule has 4 nitrogen and oxygen atoms in total. The number of nitrogens with one attached hydrogen (secondary N) is 1. The summed E-state index contributed by atoms with van der Waals surface area (Å²) in [7, 11) is 0. The summed E-state index contributed by atoms with van der Waals surface area (Å²) in [6.07, 6.45) is 6.71. The second kappa shape index (κ2) is 5.34. The van der Waals surface area contributed by atoms with Crippen molar-refractivity contribution < 1.29 is 14.6 Å². The van der Waals surface area contributed by atoms with E-state index in [-0.39, 0.29) is 18.6 Å². The molecular formula is C12H19NO3. The van der Waals surface area contributed by atoms with E-state index in [1.54, 1.807) is 0 Å².